The maximum absolute atomic E-state index is 12.5. The predicted molar refractivity (Wildman–Crippen MR) is 83.5 cm³/mol. The Kier molecular flexibility index (Phi) is 5.61. The van der Waals surface area contributed by atoms with Gasteiger partial charge in [-0.05, 0) is 25.8 Å². The zero-order valence-corrected chi connectivity index (χ0v) is 13.5. The van der Waals surface area contributed by atoms with Crippen molar-refractivity contribution in [3.8, 4) is 5.75 Å². The van der Waals surface area contributed by atoms with Gasteiger partial charge in [-0.15, -0.1) is 0 Å². The van der Waals surface area contributed by atoms with E-state index < -0.39 is 10.2 Å². The molecule has 0 unspecified atom stereocenters. The minimum atomic E-state index is -3.45. The summed E-state index contributed by atoms with van der Waals surface area (Å²) in [5, 5.41) is 0. The zero-order chi connectivity index (χ0) is 15.3. The van der Waals surface area contributed by atoms with Crippen LogP contribution < -0.4 is 9.46 Å². The van der Waals surface area contributed by atoms with E-state index in [1.165, 1.54) is 0 Å². The van der Waals surface area contributed by atoms with Crippen molar-refractivity contribution in [2.45, 2.75) is 38.6 Å². The molecule has 118 valence electrons. The molecule has 0 amide bonds. The molecule has 1 aliphatic heterocycles. The monoisotopic (exact) mass is 312 g/mol. The van der Waals surface area contributed by atoms with Crippen molar-refractivity contribution < 1.29 is 13.2 Å². The summed E-state index contributed by atoms with van der Waals surface area (Å²) in [4.78, 5) is 0. The van der Waals surface area contributed by atoms with Crippen LogP contribution in [0, 0.1) is 0 Å². The molecule has 6 heteroatoms. The Bertz CT molecular complexity index is 552. The highest BCUT2D eigenvalue weighted by molar-refractivity contribution is 7.87. The molecule has 2 rings (SSSR count). The molecule has 1 aromatic carbocycles. The molecule has 1 atom stereocenters. The van der Waals surface area contributed by atoms with Crippen molar-refractivity contribution in [2.75, 3.05) is 20.2 Å². The molecular formula is C15H24N2O3S. The van der Waals surface area contributed by atoms with Crippen LogP contribution >= 0.6 is 0 Å². The number of nitrogens with zero attached hydrogens (tertiary/aromatic N) is 1. The molecule has 21 heavy (non-hydrogen) atoms. The van der Waals surface area contributed by atoms with E-state index >= 15 is 0 Å². The number of rotatable bonds is 5. The quantitative estimate of drug-likeness (QED) is 0.908. The van der Waals surface area contributed by atoms with Crippen LogP contribution in [-0.2, 0) is 10.2 Å². The van der Waals surface area contributed by atoms with Gasteiger partial charge in [-0.25, -0.2) is 0 Å². The van der Waals surface area contributed by atoms with Crippen LogP contribution in [0.1, 0.15) is 44.2 Å². The molecule has 1 fully saturated rings. The third-order valence-electron chi connectivity index (χ3n) is 3.84. The SMILES string of the molecule is COc1ccccc1[C@H](C)NS(=O)(=O)N1CCCCCC1. The number of methoxy groups -OCH3 is 1. The molecule has 0 spiro atoms. The van der Waals surface area contributed by atoms with Crippen LogP contribution in [-0.4, -0.2) is 32.9 Å². The van der Waals surface area contributed by atoms with Crippen molar-refractivity contribution in [3.63, 3.8) is 0 Å². The first-order valence-electron chi connectivity index (χ1n) is 7.45. The first kappa shape index (κ1) is 16.3. The third kappa shape index (κ3) is 4.18. The number of hydrogen-bond acceptors (Lipinski definition) is 3. The molecule has 0 aromatic heterocycles. The fraction of sp³-hybridized carbons (Fsp3) is 0.600. The summed E-state index contributed by atoms with van der Waals surface area (Å²) in [6.45, 7) is 3.05. The molecule has 1 saturated heterocycles. The number of nitrogens with one attached hydrogen (secondary N) is 1. The highest BCUT2D eigenvalue weighted by Gasteiger charge is 2.25. The summed E-state index contributed by atoms with van der Waals surface area (Å²) in [5.41, 5.74) is 0.846. The molecule has 0 saturated carbocycles. The lowest BCUT2D eigenvalue weighted by Gasteiger charge is -2.24. The maximum atomic E-state index is 12.5. The van der Waals surface area contributed by atoms with Crippen molar-refractivity contribution in [3.05, 3.63) is 29.8 Å². The van der Waals surface area contributed by atoms with Crippen LogP contribution in [0.2, 0.25) is 0 Å². The molecule has 0 aliphatic carbocycles. The summed E-state index contributed by atoms with van der Waals surface area (Å²) in [6.07, 6.45) is 4.08. The second-order valence-corrected chi connectivity index (χ2v) is 7.10. The molecule has 1 aromatic rings. The summed E-state index contributed by atoms with van der Waals surface area (Å²) < 4.78 is 34.6. The van der Waals surface area contributed by atoms with Gasteiger partial charge >= 0.3 is 0 Å². The average molecular weight is 312 g/mol. The predicted octanol–water partition coefficient (Wildman–Crippen LogP) is 2.47. The van der Waals surface area contributed by atoms with Crippen LogP contribution in [0.15, 0.2) is 24.3 Å². The highest BCUT2D eigenvalue weighted by Crippen LogP contribution is 2.25. The van der Waals surface area contributed by atoms with Gasteiger partial charge in [0.2, 0.25) is 0 Å². The Morgan fingerprint density at radius 2 is 1.76 bits per heavy atom. The van der Waals surface area contributed by atoms with E-state index in [2.05, 4.69) is 4.72 Å². The fourth-order valence-electron chi connectivity index (χ4n) is 2.67. The van der Waals surface area contributed by atoms with Gasteiger partial charge in [0.1, 0.15) is 5.75 Å². The Morgan fingerprint density at radius 3 is 2.38 bits per heavy atom. The van der Waals surface area contributed by atoms with Crippen molar-refractivity contribution in [2.24, 2.45) is 0 Å². The molecule has 0 radical (unpaired) electrons. The van der Waals surface area contributed by atoms with Gasteiger partial charge in [0.05, 0.1) is 7.11 Å². The van der Waals surface area contributed by atoms with Crippen molar-refractivity contribution in [1.82, 2.24) is 9.03 Å². The Labute approximate surface area is 127 Å². The average Bonchev–Trinajstić information content (AvgIpc) is 2.76. The second-order valence-electron chi connectivity index (χ2n) is 5.40. The standard InChI is InChI=1S/C15H24N2O3S/c1-13(14-9-5-6-10-15(14)20-2)16-21(18,19)17-11-7-3-4-8-12-17/h5-6,9-10,13,16H,3-4,7-8,11-12H2,1-2H3/t13-/m0/s1. The molecule has 1 heterocycles. The van der Waals surface area contributed by atoms with Crippen molar-refractivity contribution >= 4 is 10.2 Å². The van der Waals surface area contributed by atoms with Gasteiger partial charge in [-0.2, -0.15) is 17.4 Å². The lowest BCUT2D eigenvalue weighted by Crippen LogP contribution is -2.42. The van der Waals surface area contributed by atoms with E-state index in [1.54, 1.807) is 11.4 Å². The topological polar surface area (TPSA) is 58.6 Å². The van der Waals surface area contributed by atoms with E-state index in [0.29, 0.717) is 18.8 Å². The smallest absolute Gasteiger partial charge is 0.279 e. The van der Waals surface area contributed by atoms with Gasteiger partial charge in [0.15, 0.2) is 0 Å². The second kappa shape index (κ2) is 7.24. The Balaban J connectivity index is 2.11. The number of ether oxygens (including phenoxy) is 1. The molecule has 0 bridgehead atoms. The normalized spacial score (nSPS) is 19.0. The lowest BCUT2D eigenvalue weighted by atomic mass is 10.1. The Morgan fingerprint density at radius 1 is 1.14 bits per heavy atom. The number of hydrogen-bond donors (Lipinski definition) is 1. The van der Waals surface area contributed by atoms with E-state index in [4.69, 9.17) is 4.74 Å². The molecule has 5 nitrogen and oxygen atoms in total. The van der Waals surface area contributed by atoms with E-state index in [-0.39, 0.29) is 6.04 Å². The summed E-state index contributed by atoms with van der Waals surface area (Å²) in [5.74, 6) is 0.698. The minimum absolute atomic E-state index is 0.325. The fourth-order valence-corrected chi connectivity index (χ4v) is 4.13. The van der Waals surface area contributed by atoms with Crippen LogP contribution in [0.4, 0.5) is 0 Å². The Hall–Kier alpha value is -1.11. The molecule has 1 aliphatic rings. The first-order valence-corrected chi connectivity index (χ1v) is 8.89. The summed E-state index contributed by atoms with van der Waals surface area (Å²) in [6, 6.07) is 7.15. The van der Waals surface area contributed by atoms with Crippen molar-refractivity contribution in [1.29, 1.82) is 0 Å². The van der Waals surface area contributed by atoms with E-state index in [0.717, 1.165) is 31.2 Å². The summed E-state index contributed by atoms with van der Waals surface area (Å²) >= 11 is 0. The maximum Gasteiger partial charge on any atom is 0.279 e. The van der Waals surface area contributed by atoms with Crippen LogP contribution in [0.3, 0.4) is 0 Å². The molecule has 1 N–H and O–H groups in total. The largest absolute Gasteiger partial charge is 0.496 e. The number of benzene rings is 1. The van der Waals surface area contributed by atoms with Crippen LogP contribution in [0.25, 0.3) is 0 Å². The zero-order valence-electron chi connectivity index (χ0n) is 12.7. The number of para-hydroxylation sites is 1. The third-order valence-corrected chi connectivity index (χ3v) is 5.53. The van der Waals surface area contributed by atoms with Gasteiger partial charge < -0.3 is 4.74 Å². The molecular weight excluding hydrogens is 288 g/mol. The first-order chi connectivity index (χ1) is 10.0. The van der Waals surface area contributed by atoms with Gasteiger partial charge in [-0.3, -0.25) is 0 Å². The van der Waals surface area contributed by atoms with E-state index in [9.17, 15) is 8.42 Å². The van der Waals surface area contributed by atoms with Crippen LogP contribution in [0.5, 0.6) is 5.75 Å². The van der Waals surface area contributed by atoms with Gasteiger partial charge in [0, 0.05) is 24.7 Å². The van der Waals surface area contributed by atoms with E-state index in [1.807, 2.05) is 31.2 Å². The summed E-state index contributed by atoms with van der Waals surface area (Å²) in [7, 11) is -1.86. The lowest BCUT2D eigenvalue weighted by molar-refractivity contribution is 0.397. The van der Waals surface area contributed by atoms with Gasteiger partial charge in [-0.1, -0.05) is 31.0 Å². The highest BCUT2D eigenvalue weighted by atomic mass is 32.2. The minimum Gasteiger partial charge on any atom is -0.496 e. The van der Waals surface area contributed by atoms with Gasteiger partial charge in [0.25, 0.3) is 10.2 Å².